The summed E-state index contributed by atoms with van der Waals surface area (Å²) >= 11 is 0. The lowest BCUT2D eigenvalue weighted by Gasteiger charge is -2.30. The molecule has 5 rings (SSSR count). The van der Waals surface area contributed by atoms with Crippen LogP contribution in [-0.2, 0) is 5.54 Å². The fourth-order valence-corrected chi connectivity index (χ4v) is 4.02. The quantitative estimate of drug-likeness (QED) is 0.496. The second-order valence-electron chi connectivity index (χ2n) is 7.18. The Hall–Kier alpha value is -3.80. The third-order valence-corrected chi connectivity index (χ3v) is 5.39. The number of aromatic nitrogens is 3. The maximum atomic E-state index is 15.3. The van der Waals surface area contributed by atoms with Crippen molar-refractivity contribution >= 4 is 6.21 Å². The molecule has 3 heterocycles. The first-order valence-electron chi connectivity index (χ1n) is 9.42. The van der Waals surface area contributed by atoms with Gasteiger partial charge in [0.25, 0.3) is 0 Å². The molecule has 6 heteroatoms. The molecule has 0 spiro atoms. The topological polar surface area (TPSA) is 51.0 Å². The summed E-state index contributed by atoms with van der Waals surface area (Å²) < 4.78 is 29.9. The van der Waals surface area contributed by atoms with Crippen LogP contribution in [-0.4, -0.2) is 21.2 Å². The predicted molar refractivity (Wildman–Crippen MR) is 110 cm³/mol. The predicted octanol–water partition coefficient (Wildman–Crippen LogP) is 4.85. The average Bonchev–Trinajstić information content (AvgIpc) is 3.16. The van der Waals surface area contributed by atoms with Gasteiger partial charge in [0.15, 0.2) is 0 Å². The number of aliphatic imine (C=N–C) groups is 1. The van der Waals surface area contributed by atoms with E-state index in [9.17, 15) is 4.39 Å². The monoisotopic (exact) mass is 398 g/mol. The van der Waals surface area contributed by atoms with Gasteiger partial charge < -0.3 is 0 Å². The van der Waals surface area contributed by atoms with Crippen LogP contribution in [0.2, 0.25) is 0 Å². The molecule has 30 heavy (non-hydrogen) atoms. The molecule has 2 aromatic heterocycles. The molecule has 0 radical (unpaired) electrons. The fourth-order valence-electron chi connectivity index (χ4n) is 4.02. The molecule has 1 atom stereocenters. The summed E-state index contributed by atoms with van der Waals surface area (Å²) in [6.07, 6.45) is 7.91. The van der Waals surface area contributed by atoms with Crippen molar-refractivity contribution in [3.63, 3.8) is 0 Å². The third kappa shape index (κ3) is 2.72. The molecular weight excluding hydrogens is 382 g/mol. The Kier molecular flexibility index (Phi) is 4.20. The maximum Gasteiger partial charge on any atom is 0.139 e. The van der Waals surface area contributed by atoms with Gasteiger partial charge in [-0.05, 0) is 48.4 Å². The first-order valence-corrected chi connectivity index (χ1v) is 9.42. The highest BCUT2D eigenvalue weighted by Crippen LogP contribution is 2.47. The average molecular weight is 398 g/mol. The summed E-state index contributed by atoms with van der Waals surface area (Å²) in [7, 11) is 0. The van der Waals surface area contributed by atoms with E-state index >= 15 is 4.39 Å². The number of halogens is 2. The molecule has 0 aliphatic carbocycles. The second-order valence-corrected chi connectivity index (χ2v) is 7.18. The zero-order valence-corrected chi connectivity index (χ0v) is 16.1. The van der Waals surface area contributed by atoms with Gasteiger partial charge in [0.2, 0.25) is 0 Å². The van der Waals surface area contributed by atoms with Crippen LogP contribution in [0.1, 0.15) is 27.9 Å². The van der Waals surface area contributed by atoms with Crippen LogP contribution in [0.25, 0.3) is 11.1 Å². The van der Waals surface area contributed by atoms with Crippen molar-refractivity contribution in [2.45, 2.75) is 12.5 Å². The number of nitrogens with zero attached hydrogens (tertiary/aromatic N) is 4. The van der Waals surface area contributed by atoms with E-state index in [4.69, 9.17) is 4.99 Å². The van der Waals surface area contributed by atoms with Crippen molar-refractivity contribution in [3.8, 4) is 11.1 Å². The molecule has 146 valence electrons. The van der Waals surface area contributed by atoms with Crippen LogP contribution in [0.15, 0.2) is 78.4 Å². The highest BCUT2D eigenvalue weighted by Gasteiger charge is 2.43. The smallest absolute Gasteiger partial charge is 0.139 e. The lowest BCUT2D eigenvalue weighted by atomic mass is 9.76. The summed E-state index contributed by atoms with van der Waals surface area (Å²) in [6.45, 7) is 1.86. The van der Waals surface area contributed by atoms with Crippen molar-refractivity contribution < 1.29 is 8.78 Å². The molecule has 2 aromatic carbocycles. The summed E-state index contributed by atoms with van der Waals surface area (Å²) in [5.74, 6) is -0.823. The maximum absolute atomic E-state index is 15.3. The first kappa shape index (κ1) is 18.2. The van der Waals surface area contributed by atoms with Gasteiger partial charge in [-0.15, -0.1) is 0 Å². The van der Waals surface area contributed by atoms with Gasteiger partial charge in [-0.3, -0.25) is 9.98 Å². The van der Waals surface area contributed by atoms with E-state index in [1.54, 1.807) is 48.9 Å². The molecule has 0 amide bonds. The van der Waals surface area contributed by atoms with Gasteiger partial charge in [0.1, 0.15) is 23.5 Å². The van der Waals surface area contributed by atoms with E-state index in [2.05, 4.69) is 15.0 Å². The third-order valence-electron chi connectivity index (χ3n) is 5.39. The summed E-state index contributed by atoms with van der Waals surface area (Å²) in [6, 6.07) is 13.3. The Bertz CT molecular complexity index is 1290. The fraction of sp³-hybridized carbons (Fsp3) is 0.0833. The molecule has 4 aromatic rings. The Labute approximate surface area is 172 Å². The van der Waals surface area contributed by atoms with Gasteiger partial charge in [-0.25, -0.2) is 18.7 Å². The van der Waals surface area contributed by atoms with Crippen LogP contribution in [0, 0.1) is 18.6 Å². The lowest BCUT2D eigenvalue weighted by molar-refractivity contribution is 0.558. The van der Waals surface area contributed by atoms with Crippen molar-refractivity contribution in [1.29, 1.82) is 0 Å². The largest absolute Gasteiger partial charge is 0.271 e. The molecule has 1 aliphatic heterocycles. The van der Waals surface area contributed by atoms with Crippen molar-refractivity contribution in [2.75, 3.05) is 0 Å². The Morgan fingerprint density at radius 1 is 0.833 bits per heavy atom. The van der Waals surface area contributed by atoms with E-state index in [0.29, 0.717) is 16.7 Å². The number of aryl methyl sites for hydroxylation is 1. The first-order chi connectivity index (χ1) is 14.6. The summed E-state index contributed by atoms with van der Waals surface area (Å²) in [4.78, 5) is 17.1. The molecule has 1 unspecified atom stereocenters. The Morgan fingerprint density at radius 2 is 1.67 bits per heavy atom. The number of fused-ring (bicyclic) bond motifs is 1. The minimum absolute atomic E-state index is 0.329. The zero-order valence-electron chi connectivity index (χ0n) is 16.1. The van der Waals surface area contributed by atoms with Crippen LogP contribution in [0.4, 0.5) is 8.78 Å². The second kappa shape index (κ2) is 6.91. The normalized spacial score (nSPS) is 17.2. The molecule has 0 bridgehead atoms. The number of pyridine rings is 1. The molecule has 1 aliphatic rings. The van der Waals surface area contributed by atoms with E-state index in [0.717, 1.165) is 22.4 Å². The molecule has 0 saturated carbocycles. The Balaban J connectivity index is 1.83. The standard InChI is InChI=1S/C24H16F2N4/c1-15-9-18(7-8-29-15)24(20-3-2-4-22(25)19(20)13-30-24)21-10-16(5-6-23(21)26)17-11-27-14-28-12-17/h2-14H,1H3. The molecule has 0 N–H and O–H groups in total. The number of hydrogen-bond donors (Lipinski definition) is 0. The van der Waals surface area contributed by atoms with Crippen LogP contribution in [0.5, 0.6) is 0 Å². The molecule has 0 saturated heterocycles. The highest BCUT2D eigenvalue weighted by molar-refractivity contribution is 5.89. The number of rotatable bonds is 3. The van der Waals surface area contributed by atoms with Gasteiger partial charge in [0, 0.05) is 52.8 Å². The van der Waals surface area contributed by atoms with Gasteiger partial charge in [-0.1, -0.05) is 18.2 Å². The highest BCUT2D eigenvalue weighted by atomic mass is 19.1. The van der Waals surface area contributed by atoms with Crippen molar-refractivity contribution in [1.82, 2.24) is 15.0 Å². The summed E-state index contributed by atoms with van der Waals surface area (Å²) in [5, 5.41) is 0. The SMILES string of the molecule is Cc1cc(C2(c3cc(-c4cncnc4)ccc3F)N=Cc3c(F)cccc32)ccn1. The van der Waals surface area contributed by atoms with Crippen molar-refractivity contribution in [2.24, 2.45) is 4.99 Å². The molecule has 0 fully saturated rings. The zero-order chi connectivity index (χ0) is 20.7. The van der Waals surface area contributed by atoms with E-state index in [1.807, 2.05) is 13.0 Å². The van der Waals surface area contributed by atoms with Crippen LogP contribution in [0.3, 0.4) is 0 Å². The Morgan fingerprint density at radius 3 is 2.47 bits per heavy atom. The van der Waals surface area contributed by atoms with E-state index < -0.39 is 17.2 Å². The summed E-state index contributed by atoms with van der Waals surface area (Å²) in [5.41, 5.74) is 3.04. The van der Waals surface area contributed by atoms with Gasteiger partial charge in [0.05, 0.1) is 0 Å². The number of benzene rings is 2. The van der Waals surface area contributed by atoms with Crippen LogP contribution < -0.4 is 0 Å². The minimum atomic E-state index is -1.22. The number of hydrogen-bond acceptors (Lipinski definition) is 4. The molecule has 4 nitrogen and oxygen atoms in total. The lowest BCUT2D eigenvalue weighted by Crippen LogP contribution is -2.27. The van der Waals surface area contributed by atoms with Crippen molar-refractivity contribution in [3.05, 3.63) is 113 Å². The van der Waals surface area contributed by atoms with E-state index in [1.165, 1.54) is 24.7 Å². The van der Waals surface area contributed by atoms with Crippen LogP contribution >= 0.6 is 0 Å². The minimum Gasteiger partial charge on any atom is -0.271 e. The van der Waals surface area contributed by atoms with Gasteiger partial charge in [-0.2, -0.15) is 0 Å². The van der Waals surface area contributed by atoms with Gasteiger partial charge >= 0.3 is 0 Å². The molecular formula is C24H16F2N4. The van der Waals surface area contributed by atoms with E-state index in [-0.39, 0.29) is 0 Å².